The van der Waals surface area contributed by atoms with Gasteiger partial charge in [-0.1, -0.05) is 29.2 Å². The summed E-state index contributed by atoms with van der Waals surface area (Å²) in [5.74, 6) is 0.726. The van der Waals surface area contributed by atoms with Gasteiger partial charge in [0.05, 0.1) is 37.5 Å². The number of halogens is 1. The molecule has 0 saturated carbocycles. The van der Waals surface area contributed by atoms with E-state index in [0.29, 0.717) is 49.9 Å². The zero-order chi connectivity index (χ0) is 22.9. The average Bonchev–Trinajstić information content (AvgIpc) is 3.46. The second-order valence-electron chi connectivity index (χ2n) is 7.05. The molecule has 1 saturated heterocycles. The normalized spacial score (nSPS) is 14.2. The molecule has 2 aromatic heterocycles. The Bertz CT molecular complexity index is 1430. The van der Waals surface area contributed by atoms with Crippen LogP contribution in [0.5, 0.6) is 5.75 Å². The second-order valence-corrected chi connectivity index (χ2v) is 9.68. The van der Waals surface area contributed by atoms with E-state index in [9.17, 15) is 9.18 Å². The molecule has 2 aromatic carbocycles. The molecule has 0 atom stereocenters. The third kappa shape index (κ3) is 4.34. The number of hydrogen-bond donors (Lipinski definition) is 0. The Morgan fingerprint density at radius 2 is 1.94 bits per heavy atom. The topological polar surface area (TPSA) is 67.5 Å². The minimum atomic E-state index is -0.386. The average molecular weight is 504 g/mol. The van der Waals surface area contributed by atoms with Crippen LogP contribution in [-0.2, 0) is 9.47 Å². The summed E-state index contributed by atoms with van der Waals surface area (Å²) in [4.78, 5) is 18.5. The first-order valence-electron chi connectivity index (χ1n) is 10.00. The van der Waals surface area contributed by atoms with Gasteiger partial charge in [-0.25, -0.2) is 9.37 Å². The molecule has 0 N–H and O–H groups in total. The number of ether oxygens (including phenoxy) is 3. The maximum absolute atomic E-state index is 13.6. The van der Waals surface area contributed by atoms with Gasteiger partial charge in [0, 0.05) is 6.07 Å². The number of aromatic nitrogens is 3. The highest BCUT2D eigenvalue weighted by Gasteiger charge is 2.22. The first kappa shape index (κ1) is 22.2. The summed E-state index contributed by atoms with van der Waals surface area (Å²) < 4.78 is 34.1. The number of methoxy groups -OCH3 is 1. The highest BCUT2D eigenvalue weighted by atomic mass is 32.2. The fourth-order valence-corrected chi connectivity index (χ4v) is 5.73. The zero-order valence-electron chi connectivity index (χ0n) is 17.4. The molecule has 0 spiro atoms. The Morgan fingerprint density at radius 3 is 2.67 bits per heavy atom. The van der Waals surface area contributed by atoms with Crippen molar-refractivity contribution in [3.8, 4) is 17.1 Å². The van der Waals surface area contributed by atoms with Crippen LogP contribution in [0.1, 0.15) is 0 Å². The smallest absolute Gasteiger partial charge is 0.278 e. The van der Waals surface area contributed by atoms with Crippen LogP contribution < -0.4 is 10.3 Å². The molecular formula is C22H18FN3O4S3. The van der Waals surface area contributed by atoms with Crippen molar-refractivity contribution in [3.05, 3.63) is 68.7 Å². The van der Waals surface area contributed by atoms with Gasteiger partial charge >= 0.3 is 0 Å². The van der Waals surface area contributed by atoms with Gasteiger partial charge < -0.3 is 14.2 Å². The van der Waals surface area contributed by atoms with Crippen molar-refractivity contribution in [1.82, 2.24) is 14.1 Å². The number of thioether (sulfide) groups is 1. The van der Waals surface area contributed by atoms with Crippen LogP contribution in [-0.4, -0.2) is 46.5 Å². The predicted octanol–water partition coefficient (Wildman–Crippen LogP) is 4.58. The number of thiazole rings is 1. The van der Waals surface area contributed by atoms with Crippen molar-refractivity contribution in [2.24, 2.45) is 0 Å². The maximum Gasteiger partial charge on any atom is 0.278 e. The molecule has 0 amide bonds. The number of fused-ring (bicyclic) bond motifs is 1. The molecule has 7 nitrogen and oxygen atoms in total. The first-order valence-corrected chi connectivity index (χ1v) is 12.2. The molecule has 1 aliphatic heterocycles. The summed E-state index contributed by atoms with van der Waals surface area (Å²) in [5, 5.41) is 0.433. The Kier molecular flexibility index (Phi) is 6.30. The molecule has 0 unspecified atom stereocenters. The quantitative estimate of drug-likeness (QED) is 0.217. The largest absolute Gasteiger partial charge is 0.497 e. The molecule has 0 bridgehead atoms. The van der Waals surface area contributed by atoms with E-state index < -0.39 is 0 Å². The van der Waals surface area contributed by atoms with Crippen molar-refractivity contribution >= 4 is 45.7 Å². The van der Waals surface area contributed by atoms with Gasteiger partial charge in [0.1, 0.15) is 16.3 Å². The third-order valence-corrected chi connectivity index (χ3v) is 7.33. The maximum atomic E-state index is 13.6. The first-order chi connectivity index (χ1) is 16.0. The fraction of sp³-hybridized carbons (Fsp3) is 0.227. The zero-order valence-corrected chi connectivity index (χ0v) is 19.8. The monoisotopic (exact) mass is 503 g/mol. The van der Waals surface area contributed by atoms with Crippen molar-refractivity contribution in [2.45, 2.75) is 11.4 Å². The molecule has 1 fully saturated rings. The van der Waals surface area contributed by atoms with Crippen LogP contribution in [0.2, 0.25) is 0 Å². The van der Waals surface area contributed by atoms with Crippen molar-refractivity contribution < 1.29 is 18.6 Å². The van der Waals surface area contributed by atoms with E-state index in [1.54, 1.807) is 23.8 Å². The molecule has 33 heavy (non-hydrogen) atoms. The number of hydrogen-bond acceptors (Lipinski definition) is 8. The van der Waals surface area contributed by atoms with Crippen LogP contribution in [0.3, 0.4) is 0 Å². The lowest BCUT2D eigenvalue weighted by Gasteiger charge is -2.14. The Hall–Kier alpha value is -2.57. The summed E-state index contributed by atoms with van der Waals surface area (Å²) in [6.45, 7) is 1.06. The number of benzene rings is 2. The van der Waals surface area contributed by atoms with Crippen molar-refractivity contribution in [2.75, 3.05) is 26.1 Å². The molecule has 1 aliphatic rings. The van der Waals surface area contributed by atoms with Crippen LogP contribution in [0.4, 0.5) is 4.39 Å². The van der Waals surface area contributed by atoms with E-state index in [4.69, 9.17) is 31.4 Å². The van der Waals surface area contributed by atoms with E-state index in [1.807, 2.05) is 24.3 Å². The number of rotatable bonds is 6. The lowest BCUT2D eigenvalue weighted by atomic mass is 10.3. The summed E-state index contributed by atoms with van der Waals surface area (Å²) >= 11 is 8.12. The van der Waals surface area contributed by atoms with Crippen LogP contribution in [0, 0.1) is 9.77 Å². The molecule has 5 rings (SSSR count). The van der Waals surface area contributed by atoms with E-state index in [1.165, 1.54) is 39.8 Å². The minimum absolute atomic E-state index is 0.278. The molecular weight excluding hydrogens is 485 g/mol. The predicted molar refractivity (Wildman–Crippen MR) is 128 cm³/mol. The van der Waals surface area contributed by atoms with Gasteiger partial charge in [0.15, 0.2) is 21.0 Å². The van der Waals surface area contributed by atoms with Gasteiger partial charge in [-0.15, -0.1) is 0 Å². The van der Waals surface area contributed by atoms with Gasteiger partial charge in [-0.3, -0.25) is 13.9 Å². The van der Waals surface area contributed by atoms with Gasteiger partial charge in [0.2, 0.25) is 0 Å². The molecule has 170 valence electrons. The van der Waals surface area contributed by atoms with Gasteiger partial charge in [-0.2, -0.15) is 0 Å². The van der Waals surface area contributed by atoms with Gasteiger partial charge in [-0.05, 0) is 48.6 Å². The summed E-state index contributed by atoms with van der Waals surface area (Å²) in [6.07, 6.45) is -0.383. The highest BCUT2D eigenvalue weighted by molar-refractivity contribution is 7.99. The number of nitrogens with zero attached hydrogens (tertiary/aromatic N) is 3. The van der Waals surface area contributed by atoms with Crippen LogP contribution >= 0.6 is 35.3 Å². The fourth-order valence-electron chi connectivity index (χ4n) is 3.47. The van der Waals surface area contributed by atoms with E-state index in [-0.39, 0.29) is 17.7 Å². The van der Waals surface area contributed by atoms with E-state index in [0.717, 1.165) is 5.69 Å². The van der Waals surface area contributed by atoms with Crippen molar-refractivity contribution in [1.29, 1.82) is 0 Å². The van der Waals surface area contributed by atoms with E-state index >= 15 is 0 Å². The summed E-state index contributed by atoms with van der Waals surface area (Å²) in [5.41, 5.74) is 1.44. The molecule has 0 radical (unpaired) electrons. The third-order valence-electron chi connectivity index (χ3n) is 5.01. The lowest BCUT2D eigenvalue weighted by molar-refractivity contribution is -0.0215. The molecule has 3 heterocycles. The van der Waals surface area contributed by atoms with Crippen molar-refractivity contribution in [3.63, 3.8) is 0 Å². The molecule has 4 aromatic rings. The Morgan fingerprint density at radius 1 is 1.18 bits per heavy atom. The summed E-state index contributed by atoms with van der Waals surface area (Å²) in [7, 11) is 1.59. The Labute approximate surface area is 201 Å². The second kappa shape index (κ2) is 9.35. The Balaban J connectivity index is 1.70. The standard InChI is InChI=1S/C22H18FN3O4S3/c1-28-16-4-2-3-15(11-16)25-19-18(33-22(25)31)20(27)26(14-7-5-13(23)6-8-14)21(24-19)32-12-17-29-9-10-30-17/h2-8,11,17H,9-10,12H2,1H3. The van der Waals surface area contributed by atoms with Crippen LogP contribution in [0.15, 0.2) is 58.5 Å². The highest BCUT2D eigenvalue weighted by Crippen LogP contribution is 2.29. The SMILES string of the molecule is COc1cccc(-n2c(=S)sc3c(=O)n(-c4ccc(F)cc4)c(SCC4OCCO4)nc32)c1. The molecule has 0 aliphatic carbocycles. The summed E-state index contributed by atoms with van der Waals surface area (Å²) in [6, 6.07) is 13.1. The van der Waals surface area contributed by atoms with Gasteiger partial charge in [0.25, 0.3) is 5.56 Å². The van der Waals surface area contributed by atoms with Crippen LogP contribution in [0.25, 0.3) is 21.7 Å². The minimum Gasteiger partial charge on any atom is -0.497 e. The molecule has 11 heteroatoms. The van der Waals surface area contributed by atoms with E-state index in [2.05, 4.69) is 0 Å². The lowest BCUT2D eigenvalue weighted by Crippen LogP contribution is -2.22.